The van der Waals surface area contributed by atoms with Crippen molar-refractivity contribution in [2.75, 3.05) is 7.11 Å². The molecule has 8 heteroatoms. The number of ether oxygens (including phenoxy) is 2. The van der Waals surface area contributed by atoms with Crippen LogP contribution in [0.1, 0.15) is 34.6 Å². The minimum Gasteiger partial charge on any atom is -0.465 e. The lowest BCUT2D eigenvalue weighted by Gasteiger charge is -2.10. The Balaban J connectivity index is 1.48. The molecular formula is C26H21FN4O3. The van der Waals surface area contributed by atoms with Crippen LogP contribution in [0, 0.1) is 23.3 Å². The summed E-state index contributed by atoms with van der Waals surface area (Å²) in [6.45, 7) is 0.783. The Hall–Kier alpha value is -4.25. The molecule has 2 aromatic heterocycles. The van der Waals surface area contributed by atoms with Crippen LogP contribution in [-0.2, 0) is 17.7 Å². The first kappa shape index (κ1) is 21.6. The van der Waals surface area contributed by atoms with Crippen LogP contribution in [0.15, 0.2) is 54.6 Å². The molecule has 0 atom stereocenters. The molecule has 0 unspecified atom stereocenters. The summed E-state index contributed by atoms with van der Waals surface area (Å²) in [5, 5.41) is 8.69. The zero-order chi connectivity index (χ0) is 23.7. The van der Waals surface area contributed by atoms with Gasteiger partial charge in [-0.3, -0.25) is 0 Å². The van der Waals surface area contributed by atoms with Gasteiger partial charge in [0.1, 0.15) is 11.6 Å². The summed E-state index contributed by atoms with van der Waals surface area (Å²) in [5.74, 6) is 0.704. The van der Waals surface area contributed by atoms with Gasteiger partial charge in [0, 0.05) is 24.6 Å². The van der Waals surface area contributed by atoms with E-state index in [0.717, 1.165) is 36.2 Å². The fraction of sp³-hybridized carbons (Fsp3) is 0.231. The second-order valence-electron chi connectivity index (χ2n) is 8.31. The molecule has 0 saturated heterocycles. The minimum absolute atomic E-state index is 0.157. The number of esters is 1. The summed E-state index contributed by atoms with van der Waals surface area (Å²) >= 11 is 0. The van der Waals surface area contributed by atoms with Gasteiger partial charge in [-0.2, -0.15) is 0 Å². The van der Waals surface area contributed by atoms with Crippen LogP contribution in [0.2, 0.25) is 0 Å². The van der Waals surface area contributed by atoms with E-state index in [-0.39, 0.29) is 11.7 Å². The Morgan fingerprint density at radius 3 is 2.76 bits per heavy atom. The number of halogens is 1. The number of rotatable bonds is 7. The highest BCUT2D eigenvalue weighted by Crippen LogP contribution is 2.33. The number of pyridine rings is 1. The van der Waals surface area contributed by atoms with Gasteiger partial charge in [0.25, 0.3) is 6.26 Å². The van der Waals surface area contributed by atoms with E-state index in [4.69, 9.17) is 19.7 Å². The van der Waals surface area contributed by atoms with Crippen LogP contribution in [0.4, 0.5) is 4.39 Å². The summed E-state index contributed by atoms with van der Waals surface area (Å²) in [6, 6.07) is 15.2. The van der Waals surface area contributed by atoms with Crippen molar-refractivity contribution in [3.05, 3.63) is 77.4 Å². The van der Waals surface area contributed by atoms with Crippen LogP contribution in [0.3, 0.4) is 0 Å². The van der Waals surface area contributed by atoms with Gasteiger partial charge in [-0.15, -0.1) is 5.26 Å². The topological polar surface area (TPSA) is 90.0 Å². The Bertz CT molecular complexity index is 1440. The van der Waals surface area contributed by atoms with Crippen LogP contribution in [0.25, 0.3) is 22.3 Å². The average molecular weight is 456 g/mol. The first-order valence-electron chi connectivity index (χ1n) is 10.9. The number of hydrogen-bond acceptors (Lipinski definition) is 6. The number of aromatic nitrogens is 3. The van der Waals surface area contributed by atoms with Gasteiger partial charge in [-0.05, 0) is 54.7 Å². The SMILES string of the molecule is COC(=O)c1ccc2nc(Cc3ccc(-c4cccc(OC#N)n4)cc3F)n(CC3CC3)c2c1. The minimum atomic E-state index is -0.401. The van der Waals surface area contributed by atoms with Crippen molar-refractivity contribution < 1.29 is 18.7 Å². The first-order valence-corrected chi connectivity index (χ1v) is 10.9. The number of nitriles is 1. The molecule has 0 aliphatic heterocycles. The quantitative estimate of drug-likeness (QED) is 0.291. The number of carbonyl (C=O) groups is 1. The van der Waals surface area contributed by atoms with Crippen LogP contribution in [-0.4, -0.2) is 27.6 Å². The van der Waals surface area contributed by atoms with Crippen LogP contribution in [0.5, 0.6) is 5.88 Å². The Kier molecular flexibility index (Phi) is 5.68. The molecule has 1 saturated carbocycles. The molecule has 7 nitrogen and oxygen atoms in total. The Morgan fingerprint density at radius 2 is 2.03 bits per heavy atom. The molecule has 34 heavy (non-hydrogen) atoms. The highest BCUT2D eigenvalue weighted by Gasteiger charge is 2.25. The highest BCUT2D eigenvalue weighted by atomic mass is 19.1. The number of methoxy groups -OCH3 is 1. The molecule has 5 rings (SSSR count). The van der Waals surface area contributed by atoms with E-state index in [2.05, 4.69) is 9.55 Å². The average Bonchev–Trinajstić information content (AvgIpc) is 3.61. The van der Waals surface area contributed by atoms with Gasteiger partial charge in [0.2, 0.25) is 5.88 Å². The number of imidazole rings is 1. The van der Waals surface area contributed by atoms with E-state index < -0.39 is 5.97 Å². The predicted molar refractivity (Wildman–Crippen MR) is 122 cm³/mol. The zero-order valence-electron chi connectivity index (χ0n) is 18.5. The van der Waals surface area contributed by atoms with Crippen LogP contribution < -0.4 is 4.74 Å². The van der Waals surface area contributed by atoms with Gasteiger partial charge in [-0.1, -0.05) is 18.2 Å². The maximum Gasteiger partial charge on any atom is 0.337 e. The summed E-state index contributed by atoms with van der Waals surface area (Å²) in [5.41, 5.74) is 3.67. The molecule has 0 radical (unpaired) electrons. The van der Waals surface area contributed by atoms with E-state index in [9.17, 15) is 4.79 Å². The molecule has 0 spiro atoms. The van der Waals surface area contributed by atoms with Crippen molar-refractivity contribution in [1.82, 2.24) is 14.5 Å². The van der Waals surface area contributed by atoms with Gasteiger partial charge in [0.05, 0.1) is 29.4 Å². The number of benzene rings is 2. The van der Waals surface area contributed by atoms with E-state index in [1.807, 2.05) is 0 Å². The summed E-state index contributed by atoms with van der Waals surface area (Å²) in [6.07, 6.45) is 4.20. The molecule has 1 aliphatic rings. The third-order valence-electron chi connectivity index (χ3n) is 5.96. The number of nitrogens with zero attached hydrogens (tertiary/aromatic N) is 4. The number of fused-ring (bicyclic) bond motifs is 1. The van der Waals surface area contributed by atoms with Gasteiger partial charge >= 0.3 is 5.97 Å². The van der Waals surface area contributed by atoms with Gasteiger partial charge in [0.15, 0.2) is 0 Å². The molecule has 0 amide bonds. The predicted octanol–water partition coefficient (Wildman–Crippen LogP) is 4.88. The number of hydrogen-bond donors (Lipinski definition) is 0. The fourth-order valence-electron chi connectivity index (χ4n) is 4.01. The van der Waals surface area contributed by atoms with Crippen molar-refractivity contribution >= 4 is 17.0 Å². The second kappa shape index (κ2) is 8.94. The molecule has 0 N–H and O–H groups in total. The normalized spacial score (nSPS) is 13.0. The third kappa shape index (κ3) is 4.33. The molecule has 0 bridgehead atoms. The van der Waals surface area contributed by atoms with Crippen LogP contribution >= 0.6 is 0 Å². The summed E-state index contributed by atoms with van der Waals surface area (Å²) in [7, 11) is 1.36. The van der Waals surface area contributed by atoms with Crippen molar-refractivity contribution in [1.29, 1.82) is 5.26 Å². The molecule has 1 fully saturated rings. The molecule has 2 heterocycles. The van der Waals surface area contributed by atoms with E-state index in [0.29, 0.717) is 34.7 Å². The monoisotopic (exact) mass is 456 g/mol. The lowest BCUT2D eigenvalue weighted by Crippen LogP contribution is -2.08. The summed E-state index contributed by atoms with van der Waals surface area (Å²) < 4.78 is 26.9. The van der Waals surface area contributed by atoms with Gasteiger partial charge < -0.3 is 14.0 Å². The molecule has 170 valence electrons. The largest absolute Gasteiger partial charge is 0.465 e. The smallest absolute Gasteiger partial charge is 0.337 e. The highest BCUT2D eigenvalue weighted by molar-refractivity contribution is 5.93. The zero-order valence-corrected chi connectivity index (χ0v) is 18.5. The molecular weight excluding hydrogens is 435 g/mol. The van der Waals surface area contributed by atoms with E-state index in [1.54, 1.807) is 54.8 Å². The first-order chi connectivity index (χ1) is 16.6. The molecule has 2 aromatic carbocycles. The Morgan fingerprint density at radius 1 is 1.18 bits per heavy atom. The second-order valence-corrected chi connectivity index (χ2v) is 8.31. The molecule has 4 aromatic rings. The summed E-state index contributed by atoms with van der Waals surface area (Å²) in [4.78, 5) is 21.0. The van der Waals surface area contributed by atoms with E-state index >= 15 is 4.39 Å². The van der Waals surface area contributed by atoms with Crippen molar-refractivity contribution in [2.24, 2.45) is 5.92 Å². The Labute approximate surface area is 195 Å². The van der Waals surface area contributed by atoms with Crippen molar-refractivity contribution in [3.8, 4) is 23.4 Å². The number of carbonyl (C=O) groups excluding carboxylic acids is 1. The van der Waals surface area contributed by atoms with E-state index in [1.165, 1.54) is 13.2 Å². The molecule has 1 aliphatic carbocycles. The standard InChI is InChI=1S/C26H21FN4O3/c1-33-26(32)19-9-10-22-23(12-19)31(14-16-5-6-16)24(29-22)13-17-7-8-18(11-20(17)27)21-3-2-4-25(30-21)34-15-28/h2-4,7-12,16H,5-6,13-14H2,1H3. The maximum absolute atomic E-state index is 15.1. The van der Waals surface area contributed by atoms with Crippen molar-refractivity contribution in [3.63, 3.8) is 0 Å². The lowest BCUT2D eigenvalue weighted by molar-refractivity contribution is 0.0601. The maximum atomic E-state index is 15.1. The third-order valence-corrected chi connectivity index (χ3v) is 5.96. The van der Waals surface area contributed by atoms with Crippen molar-refractivity contribution in [2.45, 2.75) is 25.8 Å². The van der Waals surface area contributed by atoms with Gasteiger partial charge in [-0.25, -0.2) is 19.2 Å². The fourth-order valence-corrected chi connectivity index (χ4v) is 4.01. The lowest BCUT2D eigenvalue weighted by atomic mass is 10.1.